The summed E-state index contributed by atoms with van der Waals surface area (Å²) in [6, 6.07) is 11.5. The molecule has 2 aromatic heterocycles. The predicted molar refractivity (Wildman–Crippen MR) is 103 cm³/mol. The van der Waals surface area contributed by atoms with Gasteiger partial charge in [0.2, 0.25) is 10.0 Å². The Morgan fingerprint density at radius 3 is 2.46 bits per heavy atom. The molecule has 4 rings (SSSR count). The summed E-state index contributed by atoms with van der Waals surface area (Å²) in [6.07, 6.45) is 8.71. The molecule has 0 saturated carbocycles. The highest BCUT2D eigenvalue weighted by molar-refractivity contribution is 7.89. The standard InChI is InChI=1S/C20H23N3O2S/c1-16(23-14-10-18-15-21-11-9-20(18)23)17-5-7-19(8-6-17)26(24,25)22-12-3-2-4-13-22/h5-11,14-16H,2-4,12-13H2,1H3. The zero-order chi connectivity index (χ0) is 18.1. The molecular formula is C20H23N3O2S. The van der Waals surface area contributed by atoms with E-state index in [-0.39, 0.29) is 6.04 Å². The van der Waals surface area contributed by atoms with Gasteiger partial charge >= 0.3 is 0 Å². The molecule has 3 aromatic rings. The van der Waals surface area contributed by atoms with Crippen LogP contribution in [0.2, 0.25) is 0 Å². The van der Waals surface area contributed by atoms with E-state index in [9.17, 15) is 8.42 Å². The van der Waals surface area contributed by atoms with E-state index in [1.165, 1.54) is 0 Å². The molecule has 0 radical (unpaired) electrons. The average Bonchev–Trinajstić information content (AvgIpc) is 3.12. The Hall–Kier alpha value is -2.18. The number of fused-ring (bicyclic) bond motifs is 1. The van der Waals surface area contributed by atoms with Crippen LogP contribution in [0.15, 0.2) is 59.9 Å². The van der Waals surface area contributed by atoms with Crippen molar-refractivity contribution in [3.8, 4) is 0 Å². The highest BCUT2D eigenvalue weighted by Crippen LogP contribution is 2.26. The van der Waals surface area contributed by atoms with Crippen LogP contribution in [0.4, 0.5) is 0 Å². The Balaban J connectivity index is 1.61. The maximum absolute atomic E-state index is 12.8. The highest BCUT2D eigenvalue weighted by atomic mass is 32.2. The van der Waals surface area contributed by atoms with E-state index in [1.807, 2.05) is 30.5 Å². The first-order valence-electron chi connectivity index (χ1n) is 9.08. The molecule has 0 aliphatic carbocycles. The first-order valence-corrected chi connectivity index (χ1v) is 10.5. The first kappa shape index (κ1) is 17.2. The van der Waals surface area contributed by atoms with Crippen LogP contribution >= 0.6 is 0 Å². The minimum absolute atomic E-state index is 0.113. The molecule has 1 atom stereocenters. The van der Waals surface area contributed by atoms with Gasteiger partial charge in [-0.3, -0.25) is 4.98 Å². The lowest BCUT2D eigenvalue weighted by Gasteiger charge is -2.26. The molecule has 5 nitrogen and oxygen atoms in total. The number of hydrogen-bond donors (Lipinski definition) is 0. The predicted octanol–water partition coefficient (Wildman–Crippen LogP) is 3.82. The third kappa shape index (κ3) is 3.04. The SMILES string of the molecule is CC(c1ccc(S(=O)(=O)N2CCCCC2)cc1)n1ccc2cnccc21. The summed E-state index contributed by atoms with van der Waals surface area (Å²) < 4.78 is 29.4. The molecule has 1 unspecified atom stereocenters. The van der Waals surface area contributed by atoms with Gasteiger partial charge in [-0.05, 0) is 49.6 Å². The molecule has 6 heteroatoms. The Morgan fingerprint density at radius 1 is 1.00 bits per heavy atom. The summed E-state index contributed by atoms with van der Waals surface area (Å²) in [5.41, 5.74) is 2.20. The van der Waals surface area contributed by atoms with Gasteiger partial charge in [-0.15, -0.1) is 0 Å². The van der Waals surface area contributed by atoms with Gasteiger partial charge in [-0.2, -0.15) is 4.31 Å². The largest absolute Gasteiger partial charge is 0.340 e. The van der Waals surface area contributed by atoms with Crippen molar-refractivity contribution in [2.75, 3.05) is 13.1 Å². The third-order valence-corrected chi connectivity index (χ3v) is 7.17. The quantitative estimate of drug-likeness (QED) is 0.702. The Labute approximate surface area is 154 Å². The van der Waals surface area contributed by atoms with Gasteiger partial charge in [0.1, 0.15) is 0 Å². The van der Waals surface area contributed by atoms with Crippen LogP contribution in [0.3, 0.4) is 0 Å². The lowest BCUT2D eigenvalue weighted by Crippen LogP contribution is -2.35. The van der Waals surface area contributed by atoms with Crippen LogP contribution in [-0.4, -0.2) is 35.4 Å². The summed E-state index contributed by atoms with van der Waals surface area (Å²) in [5.74, 6) is 0. The second-order valence-electron chi connectivity index (χ2n) is 6.87. The Bertz CT molecular complexity index is 1000. The number of rotatable bonds is 4. The molecule has 1 saturated heterocycles. The molecule has 1 aromatic carbocycles. The van der Waals surface area contributed by atoms with Crippen LogP contribution in [0.5, 0.6) is 0 Å². The van der Waals surface area contributed by atoms with Crippen molar-refractivity contribution in [2.24, 2.45) is 0 Å². The highest BCUT2D eigenvalue weighted by Gasteiger charge is 2.25. The van der Waals surface area contributed by atoms with E-state index >= 15 is 0 Å². The zero-order valence-electron chi connectivity index (χ0n) is 14.9. The lowest BCUT2D eigenvalue weighted by atomic mass is 10.1. The summed E-state index contributed by atoms with van der Waals surface area (Å²) in [7, 11) is -3.37. The van der Waals surface area contributed by atoms with E-state index in [4.69, 9.17) is 0 Å². The fourth-order valence-electron chi connectivity index (χ4n) is 3.67. The minimum atomic E-state index is -3.37. The molecule has 1 fully saturated rings. The molecule has 0 bridgehead atoms. The van der Waals surface area contributed by atoms with Crippen LogP contribution < -0.4 is 0 Å². The van der Waals surface area contributed by atoms with Crippen molar-refractivity contribution in [3.05, 3.63) is 60.6 Å². The smallest absolute Gasteiger partial charge is 0.243 e. The molecule has 0 N–H and O–H groups in total. The van der Waals surface area contributed by atoms with Gasteiger partial charge in [0.15, 0.2) is 0 Å². The summed E-state index contributed by atoms with van der Waals surface area (Å²) in [4.78, 5) is 4.54. The van der Waals surface area contributed by atoms with E-state index < -0.39 is 10.0 Å². The lowest BCUT2D eigenvalue weighted by molar-refractivity contribution is 0.346. The van der Waals surface area contributed by atoms with Gasteiger partial charge in [0, 0.05) is 37.1 Å². The Morgan fingerprint density at radius 2 is 1.73 bits per heavy atom. The van der Waals surface area contributed by atoms with Crippen LogP contribution in [-0.2, 0) is 10.0 Å². The number of benzene rings is 1. The van der Waals surface area contributed by atoms with Gasteiger partial charge in [-0.25, -0.2) is 8.42 Å². The fourth-order valence-corrected chi connectivity index (χ4v) is 5.19. The van der Waals surface area contributed by atoms with Crippen molar-refractivity contribution in [1.29, 1.82) is 0 Å². The number of nitrogens with zero attached hydrogens (tertiary/aromatic N) is 3. The van der Waals surface area contributed by atoms with E-state index in [0.29, 0.717) is 18.0 Å². The number of pyridine rings is 1. The van der Waals surface area contributed by atoms with Crippen molar-refractivity contribution in [3.63, 3.8) is 0 Å². The third-order valence-electron chi connectivity index (χ3n) is 5.25. The number of aromatic nitrogens is 2. The average molecular weight is 369 g/mol. The zero-order valence-corrected chi connectivity index (χ0v) is 15.7. The van der Waals surface area contributed by atoms with Gasteiger partial charge in [0.25, 0.3) is 0 Å². The van der Waals surface area contributed by atoms with Crippen LogP contribution in [0, 0.1) is 0 Å². The van der Waals surface area contributed by atoms with Crippen molar-refractivity contribution >= 4 is 20.9 Å². The van der Waals surface area contributed by atoms with Crippen LogP contribution in [0.25, 0.3) is 10.9 Å². The molecular weight excluding hydrogens is 346 g/mol. The molecule has 26 heavy (non-hydrogen) atoms. The number of sulfonamides is 1. The van der Waals surface area contributed by atoms with Gasteiger partial charge < -0.3 is 4.57 Å². The molecule has 136 valence electrons. The fraction of sp³-hybridized carbons (Fsp3) is 0.350. The maximum atomic E-state index is 12.8. The van der Waals surface area contributed by atoms with E-state index in [0.717, 1.165) is 35.7 Å². The maximum Gasteiger partial charge on any atom is 0.243 e. The molecule has 1 aliphatic rings. The topological polar surface area (TPSA) is 55.2 Å². The van der Waals surface area contributed by atoms with Crippen molar-refractivity contribution in [1.82, 2.24) is 13.9 Å². The van der Waals surface area contributed by atoms with Crippen molar-refractivity contribution < 1.29 is 8.42 Å². The summed E-state index contributed by atoms with van der Waals surface area (Å²) in [6.45, 7) is 3.38. The molecule has 3 heterocycles. The monoisotopic (exact) mass is 369 g/mol. The first-order chi connectivity index (χ1) is 12.6. The summed E-state index contributed by atoms with van der Waals surface area (Å²) >= 11 is 0. The normalized spacial score (nSPS) is 17.4. The van der Waals surface area contributed by atoms with Crippen LogP contribution in [0.1, 0.15) is 37.8 Å². The Kier molecular flexibility index (Phi) is 4.54. The molecule has 0 spiro atoms. The summed E-state index contributed by atoms with van der Waals surface area (Å²) in [5, 5.41) is 1.10. The number of piperidine rings is 1. The van der Waals surface area contributed by atoms with Crippen molar-refractivity contribution in [2.45, 2.75) is 37.1 Å². The minimum Gasteiger partial charge on any atom is -0.340 e. The second kappa shape index (κ2) is 6.85. The second-order valence-corrected chi connectivity index (χ2v) is 8.81. The van der Waals surface area contributed by atoms with Gasteiger partial charge in [-0.1, -0.05) is 18.6 Å². The number of hydrogen-bond acceptors (Lipinski definition) is 3. The van der Waals surface area contributed by atoms with E-state index in [2.05, 4.69) is 22.7 Å². The molecule has 1 aliphatic heterocycles. The van der Waals surface area contributed by atoms with Gasteiger partial charge in [0.05, 0.1) is 16.5 Å². The molecule has 0 amide bonds. The van der Waals surface area contributed by atoms with E-state index in [1.54, 1.807) is 22.6 Å².